The predicted molar refractivity (Wildman–Crippen MR) is 119 cm³/mol. The summed E-state index contributed by atoms with van der Waals surface area (Å²) in [4.78, 5) is 14.2. The number of rotatable bonds is 5. The lowest BCUT2D eigenvalue weighted by atomic mass is 10.1. The summed E-state index contributed by atoms with van der Waals surface area (Å²) in [6, 6.07) is 12.5. The lowest BCUT2D eigenvalue weighted by molar-refractivity contribution is 0.722. The van der Waals surface area contributed by atoms with E-state index in [1.54, 1.807) is 0 Å². The van der Waals surface area contributed by atoms with Crippen molar-refractivity contribution in [3.05, 3.63) is 42.0 Å². The minimum atomic E-state index is 0.112. The normalized spacial score (nSPS) is 17.6. The van der Waals surface area contributed by atoms with Gasteiger partial charge >= 0.3 is 0 Å². The van der Waals surface area contributed by atoms with Gasteiger partial charge in [0.05, 0.1) is 6.04 Å². The van der Waals surface area contributed by atoms with Crippen molar-refractivity contribution in [2.24, 2.45) is 0 Å². The van der Waals surface area contributed by atoms with Crippen molar-refractivity contribution < 1.29 is 0 Å². The first-order chi connectivity index (χ1) is 13.7. The Bertz CT molecular complexity index is 766. The molecule has 28 heavy (non-hydrogen) atoms. The Hall–Kier alpha value is -2.41. The van der Waals surface area contributed by atoms with E-state index in [-0.39, 0.29) is 6.04 Å². The second kappa shape index (κ2) is 8.73. The molecule has 7 heteroatoms. The highest BCUT2D eigenvalue weighted by molar-refractivity contribution is 7.80. The maximum atomic E-state index is 5.54. The van der Waals surface area contributed by atoms with Crippen molar-refractivity contribution in [1.82, 2.24) is 15.3 Å². The lowest BCUT2D eigenvalue weighted by Crippen LogP contribution is -2.32. The van der Waals surface area contributed by atoms with Gasteiger partial charge in [-0.2, -0.15) is 9.97 Å². The van der Waals surface area contributed by atoms with Crippen molar-refractivity contribution in [2.45, 2.75) is 38.6 Å². The molecule has 3 heterocycles. The van der Waals surface area contributed by atoms with Crippen molar-refractivity contribution in [3.8, 4) is 0 Å². The smallest absolute Gasteiger partial charge is 0.232 e. The average molecular weight is 397 g/mol. The second-order valence-electron chi connectivity index (χ2n) is 7.53. The standard InChI is InChI=1S/C21H28N6S/c1-16(17-9-3-2-4-10-17)22-21(28)25-20-23-18(26-11-5-6-12-26)15-19(24-20)27-13-7-8-14-27/h2-4,9-10,15-16H,5-8,11-14H2,1H3,(H2,22,23,24,25,28)/t16-/m1/s1. The minimum absolute atomic E-state index is 0.112. The van der Waals surface area contributed by atoms with E-state index in [9.17, 15) is 0 Å². The molecule has 148 valence electrons. The Kier molecular flexibility index (Phi) is 5.90. The molecule has 2 aliphatic heterocycles. The zero-order valence-electron chi connectivity index (χ0n) is 16.4. The lowest BCUT2D eigenvalue weighted by Gasteiger charge is -2.23. The van der Waals surface area contributed by atoms with E-state index in [1.807, 2.05) is 18.2 Å². The fraction of sp³-hybridized carbons (Fsp3) is 0.476. The molecule has 0 unspecified atom stereocenters. The number of thiocarbonyl (C=S) groups is 1. The molecule has 2 fully saturated rings. The molecule has 0 radical (unpaired) electrons. The molecule has 1 atom stereocenters. The summed E-state index contributed by atoms with van der Waals surface area (Å²) in [5, 5.41) is 7.09. The van der Waals surface area contributed by atoms with Gasteiger partial charge in [0.1, 0.15) is 11.6 Å². The molecule has 4 rings (SSSR count). The van der Waals surface area contributed by atoms with Crippen molar-refractivity contribution in [3.63, 3.8) is 0 Å². The first kappa shape index (κ1) is 18.9. The number of hydrogen-bond donors (Lipinski definition) is 2. The minimum Gasteiger partial charge on any atom is -0.356 e. The maximum absolute atomic E-state index is 5.54. The second-order valence-corrected chi connectivity index (χ2v) is 7.94. The summed E-state index contributed by atoms with van der Waals surface area (Å²) in [5.41, 5.74) is 1.19. The first-order valence-electron chi connectivity index (χ1n) is 10.2. The van der Waals surface area contributed by atoms with Crippen molar-refractivity contribution >= 4 is 34.9 Å². The number of hydrogen-bond acceptors (Lipinski definition) is 5. The van der Waals surface area contributed by atoms with Gasteiger partial charge in [0.2, 0.25) is 5.95 Å². The van der Waals surface area contributed by atoms with Gasteiger partial charge in [-0.05, 0) is 50.4 Å². The molecule has 0 spiro atoms. The Balaban J connectivity index is 1.50. The van der Waals surface area contributed by atoms with Crippen LogP contribution in [0.15, 0.2) is 36.4 Å². The highest BCUT2D eigenvalue weighted by atomic mass is 32.1. The van der Waals surface area contributed by atoms with Crippen molar-refractivity contribution in [1.29, 1.82) is 0 Å². The van der Waals surface area contributed by atoms with E-state index in [0.717, 1.165) is 37.8 Å². The molecule has 6 nitrogen and oxygen atoms in total. The SMILES string of the molecule is C[C@@H](NC(=S)Nc1nc(N2CCCC2)cc(N2CCCC2)n1)c1ccccc1. The zero-order chi connectivity index (χ0) is 19.3. The largest absolute Gasteiger partial charge is 0.356 e. The van der Waals surface area contributed by atoms with Gasteiger partial charge in [-0.15, -0.1) is 0 Å². The molecule has 2 aliphatic rings. The zero-order valence-corrected chi connectivity index (χ0v) is 17.2. The van der Waals surface area contributed by atoms with Gasteiger partial charge in [0, 0.05) is 32.2 Å². The van der Waals surface area contributed by atoms with E-state index in [0.29, 0.717) is 11.1 Å². The van der Waals surface area contributed by atoms with E-state index < -0.39 is 0 Å². The van der Waals surface area contributed by atoms with Crippen LogP contribution in [0.3, 0.4) is 0 Å². The summed E-state index contributed by atoms with van der Waals surface area (Å²) in [7, 11) is 0. The van der Waals surface area contributed by atoms with E-state index in [2.05, 4.69) is 45.6 Å². The van der Waals surface area contributed by atoms with Crippen LogP contribution >= 0.6 is 12.2 Å². The maximum Gasteiger partial charge on any atom is 0.232 e. The van der Waals surface area contributed by atoms with Gasteiger partial charge in [0.25, 0.3) is 0 Å². The van der Waals surface area contributed by atoms with E-state index >= 15 is 0 Å². The van der Waals surface area contributed by atoms with Gasteiger partial charge < -0.3 is 20.4 Å². The van der Waals surface area contributed by atoms with Crippen LogP contribution in [-0.2, 0) is 0 Å². The molecular formula is C21H28N6S. The Labute approximate surface area is 172 Å². The number of nitrogens with one attached hydrogen (secondary N) is 2. The molecule has 2 N–H and O–H groups in total. The number of aromatic nitrogens is 2. The van der Waals surface area contributed by atoms with E-state index in [1.165, 1.54) is 31.2 Å². The third-order valence-electron chi connectivity index (χ3n) is 5.43. The molecule has 0 saturated carbocycles. The summed E-state index contributed by atoms with van der Waals surface area (Å²) in [6.07, 6.45) is 4.89. The number of anilines is 3. The number of benzene rings is 1. The Morgan fingerprint density at radius 1 is 0.929 bits per heavy atom. The summed E-state index contributed by atoms with van der Waals surface area (Å²) < 4.78 is 0. The fourth-order valence-electron chi connectivity index (χ4n) is 3.85. The van der Waals surface area contributed by atoms with Crippen LogP contribution in [0.5, 0.6) is 0 Å². The van der Waals surface area contributed by atoms with Gasteiger partial charge in [0.15, 0.2) is 5.11 Å². The topological polar surface area (TPSA) is 56.3 Å². The third-order valence-corrected chi connectivity index (χ3v) is 5.65. The van der Waals surface area contributed by atoms with Gasteiger partial charge in [-0.3, -0.25) is 0 Å². The Morgan fingerprint density at radius 3 is 2.00 bits per heavy atom. The van der Waals surface area contributed by atoms with Crippen LogP contribution in [0.1, 0.15) is 44.2 Å². The molecular weight excluding hydrogens is 368 g/mol. The van der Waals surface area contributed by atoms with Gasteiger partial charge in [-0.25, -0.2) is 0 Å². The van der Waals surface area contributed by atoms with Crippen LogP contribution in [0.25, 0.3) is 0 Å². The van der Waals surface area contributed by atoms with Gasteiger partial charge in [-0.1, -0.05) is 30.3 Å². The van der Waals surface area contributed by atoms with Crippen LogP contribution in [-0.4, -0.2) is 41.3 Å². The quantitative estimate of drug-likeness (QED) is 0.747. The molecule has 0 aliphatic carbocycles. The predicted octanol–water partition coefficient (Wildman–Crippen LogP) is 3.72. The monoisotopic (exact) mass is 396 g/mol. The average Bonchev–Trinajstić information content (AvgIpc) is 3.42. The summed E-state index contributed by atoms with van der Waals surface area (Å²) in [6.45, 7) is 6.33. The first-order valence-corrected chi connectivity index (χ1v) is 10.6. The van der Waals surface area contributed by atoms with Crippen molar-refractivity contribution in [2.75, 3.05) is 41.3 Å². The molecule has 0 amide bonds. The summed E-state index contributed by atoms with van der Waals surface area (Å²) in [5.74, 6) is 2.57. The highest BCUT2D eigenvalue weighted by Crippen LogP contribution is 2.26. The fourth-order valence-corrected chi connectivity index (χ4v) is 4.12. The molecule has 2 saturated heterocycles. The van der Waals surface area contributed by atoms with E-state index in [4.69, 9.17) is 22.2 Å². The number of nitrogens with zero attached hydrogens (tertiary/aromatic N) is 4. The Morgan fingerprint density at radius 2 is 1.46 bits per heavy atom. The molecule has 1 aromatic carbocycles. The summed E-state index contributed by atoms with van der Waals surface area (Å²) >= 11 is 5.54. The molecule has 2 aromatic rings. The third kappa shape index (κ3) is 4.52. The molecule has 1 aromatic heterocycles. The van der Waals surface area contributed by atoms with Crippen LogP contribution < -0.4 is 20.4 Å². The molecule has 0 bridgehead atoms. The van der Waals surface area contributed by atoms with Crippen LogP contribution in [0.2, 0.25) is 0 Å². The van der Waals surface area contributed by atoms with Crippen LogP contribution in [0, 0.1) is 0 Å². The van der Waals surface area contributed by atoms with Crippen LogP contribution in [0.4, 0.5) is 17.6 Å². The highest BCUT2D eigenvalue weighted by Gasteiger charge is 2.20.